The third-order valence-corrected chi connectivity index (χ3v) is 5.80. The quantitative estimate of drug-likeness (QED) is 0.487. The van der Waals surface area contributed by atoms with Crippen LogP contribution in [0, 0.1) is 5.82 Å². The number of nitrogens with one attached hydrogen (secondary N) is 2. The minimum atomic E-state index is -0.328. The van der Waals surface area contributed by atoms with Crippen molar-refractivity contribution in [1.29, 1.82) is 0 Å². The predicted molar refractivity (Wildman–Crippen MR) is 112 cm³/mol. The van der Waals surface area contributed by atoms with E-state index in [9.17, 15) is 14.0 Å². The van der Waals surface area contributed by atoms with E-state index in [0.29, 0.717) is 18.7 Å². The number of thioether (sulfide) groups is 1. The molecule has 0 saturated carbocycles. The molecule has 0 aliphatic carbocycles. The van der Waals surface area contributed by atoms with Crippen LogP contribution < -0.4 is 10.6 Å². The summed E-state index contributed by atoms with van der Waals surface area (Å²) in [7, 11) is 0. The Morgan fingerprint density at radius 2 is 1.83 bits per heavy atom. The standard InChI is InChI=1S/C22H25FN2O3S/c23-17-9-7-16(8-10-17)14-21(26)24-11-12-25-22(27)19-5-1-2-6-20(19)29-15-18-4-3-13-28-18/h1-2,5-10,18H,3-4,11-15H2,(H,24,26)(H,25,27). The second kappa shape index (κ2) is 11.0. The van der Waals surface area contributed by atoms with Crippen LogP contribution in [0.15, 0.2) is 53.4 Å². The summed E-state index contributed by atoms with van der Waals surface area (Å²) >= 11 is 1.64. The summed E-state index contributed by atoms with van der Waals surface area (Å²) in [5.74, 6) is 0.182. The van der Waals surface area contributed by atoms with Gasteiger partial charge in [-0.3, -0.25) is 9.59 Å². The zero-order valence-corrected chi connectivity index (χ0v) is 17.0. The Balaban J connectivity index is 1.41. The number of halogens is 1. The Kier molecular flexibility index (Phi) is 8.07. The first-order valence-electron chi connectivity index (χ1n) is 9.74. The zero-order valence-electron chi connectivity index (χ0n) is 16.2. The molecule has 0 spiro atoms. The van der Waals surface area contributed by atoms with Crippen molar-refractivity contribution in [3.05, 3.63) is 65.5 Å². The second-order valence-corrected chi connectivity index (χ2v) is 7.91. The van der Waals surface area contributed by atoms with Gasteiger partial charge >= 0.3 is 0 Å². The van der Waals surface area contributed by atoms with E-state index in [1.54, 1.807) is 30.0 Å². The molecular formula is C22H25FN2O3S. The normalized spacial score (nSPS) is 15.8. The van der Waals surface area contributed by atoms with Gasteiger partial charge < -0.3 is 15.4 Å². The van der Waals surface area contributed by atoms with Gasteiger partial charge in [-0.2, -0.15) is 0 Å². The van der Waals surface area contributed by atoms with Crippen molar-refractivity contribution in [2.45, 2.75) is 30.3 Å². The van der Waals surface area contributed by atoms with Gasteiger partial charge in [-0.1, -0.05) is 24.3 Å². The molecule has 1 heterocycles. The molecule has 1 saturated heterocycles. The lowest BCUT2D eigenvalue weighted by atomic mass is 10.1. The summed E-state index contributed by atoms with van der Waals surface area (Å²) in [6.07, 6.45) is 2.60. The summed E-state index contributed by atoms with van der Waals surface area (Å²) in [6, 6.07) is 13.3. The van der Waals surface area contributed by atoms with Gasteiger partial charge in [0.2, 0.25) is 5.91 Å². The highest BCUT2D eigenvalue weighted by Gasteiger charge is 2.17. The van der Waals surface area contributed by atoms with E-state index in [1.165, 1.54) is 12.1 Å². The van der Waals surface area contributed by atoms with Crippen LogP contribution in [-0.4, -0.2) is 43.4 Å². The lowest BCUT2D eigenvalue weighted by molar-refractivity contribution is -0.120. The Morgan fingerprint density at radius 3 is 2.59 bits per heavy atom. The molecule has 2 aromatic carbocycles. The highest BCUT2D eigenvalue weighted by atomic mass is 32.2. The van der Waals surface area contributed by atoms with Crippen molar-refractivity contribution >= 4 is 23.6 Å². The fourth-order valence-electron chi connectivity index (χ4n) is 3.06. The fraction of sp³-hybridized carbons (Fsp3) is 0.364. The summed E-state index contributed by atoms with van der Waals surface area (Å²) in [6.45, 7) is 1.48. The number of benzene rings is 2. The van der Waals surface area contributed by atoms with Crippen LogP contribution in [0.2, 0.25) is 0 Å². The molecule has 154 valence electrons. The number of hydrogen-bond acceptors (Lipinski definition) is 4. The van der Waals surface area contributed by atoms with Gasteiger partial charge in [0.05, 0.1) is 18.1 Å². The van der Waals surface area contributed by atoms with Gasteiger partial charge in [-0.15, -0.1) is 11.8 Å². The molecule has 2 aromatic rings. The molecule has 1 aliphatic heterocycles. The molecule has 0 aromatic heterocycles. The highest BCUT2D eigenvalue weighted by Crippen LogP contribution is 2.26. The minimum Gasteiger partial charge on any atom is -0.377 e. The average Bonchev–Trinajstić information content (AvgIpc) is 3.25. The van der Waals surface area contributed by atoms with E-state index in [2.05, 4.69) is 10.6 Å². The number of carbonyl (C=O) groups excluding carboxylic acids is 2. The molecule has 0 bridgehead atoms. The largest absolute Gasteiger partial charge is 0.377 e. The molecule has 7 heteroatoms. The molecule has 3 rings (SSSR count). The first-order valence-corrected chi connectivity index (χ1v) is 10.7. The van der Waals surface area contributed by atoms with Gasteiger partial charge in [-0.05, 0) is 42.7 Å². The monoisotopic (exact) mass is 416 g/mol. The van der Waals surface area contributed by atoms with Gasteiger partial charge in [0, 0.05) is 30.3 Å². The predicted octanol–water partition coefficient (Wildman–Crippen LogP) is 3.19. The molecule has 5 nitrogen and oxygen atoms in total. The van der Waals surface area contributed by atoms with E-state index < -0.39 is 0 Å². The van der Waals surface area contributed by atoms with Crippen molar-refractivity contribution in [2.75, 3.05) is 25.4 Å². The number of rotatable bonds is 9. The van der Waals surface area contributed by atoms with Crippen LogP contribution in [0.1, 0.15) is 28.8 Å². The SMILES string of the molecule is O=C(Cc1ccc(F)cc1)NCCNC(=O)c1ccccc1SCC1CCCO1. The fourth-order valence-corrected chi connectivity index (χ4v) is 4.18. The number of hydrogen-bond donors (Lipinski definition) is 2. The highest BCUT2D eigenvalue weighted by molar-refractivity contribution is 7.99. The Bertz CT molecular complexity index is 823. The third-order valence-electron chi connectivity index (χ3n) is 4.59. The number of ether oxygens (including phenoxy) is 1. The Hall–Kier alpha value is -2.38. The van der Waals surface area contributed by atoms with Crippen LogP contribution in [0.5, 0.6) is 0 Å². The first kappa shape index (κ1) is 21.3. The van der Waals surface area contributed by atoms with Crippen molar-refractivity contribution in [2.24, 2.45) is 0 Å². The van der Waals surface area contributed by atoms with Crippen LogP contribution in [0.3, 0.4) is 0 Å². The zero-order chi connectivity index (χ0) is 20.5. The smallest absolute Gasteiger partial charge is 0.252 e. The van der Waals surface area contributed by atoms with Crippen molar-refractivity contribution in [1.82, 2.24) is 10.6 Å². The Labute approximate surface area is 174 Å². The molecule has 1 atom stereocenters. The maximum Gasteiger partial charge on any atom is 0.252 e. The maximum atomic E-state index is 12.9. The van der Waals surface area contributed by atoms with Crippen LogP contribution >= 0.6 is 11.8 Å². The molecule has 29 heavy (non-hydrogen) atoms. The van der Waals surface area contributed by atoms with E-state index in [-0.39, 0.29) is 30.2 Å². The van der Waals surface area contributed by atoms with E-state index in [1.807, 2.05) is 18.2 Å². The Morgan fingerprint density at radius 1 is 1.07 bits per heavy atom. The van der Waals surface area contributed by atoms with E-state index >= 15 is 0 Å². The molecule has 2 amide bonds. The second-order valence-electron chi connectivity index (χ2n) is 6.85. The van der Waals surface area contributed by atoms with Crippen LogP contribution in [-0.2, 0) is 16.0 Å². The molecule has 1 unspecified atom stereocenters. The number of amides is 2. The third kappa shape index (κ3) is 6.87. The van der Waals surface area contributed by atoms with Crippen molar-refractivity contribution < 1.29 is 18.7 Å². The lowest BCUT2D eigenvalue weighted by Gasteiger charge is -2.12. The summed E-state index contributed by atoms with van der Waals surface area (Å²) in [5.41, 5.74) is 1.37. The maximum absolute atomic E-state index is 12.9. The van der Waals surface area contributed by atoms with Gasteiger partial charge in [0.1, 0.15) is 5.82 Å². The van der Waals surface area contributed by atoms with E-state index in [0.717, 1.165) is 35.7 Å². The number of carbonyl (C=O) groups is 2. The lowest BCUT2D eigenvalue weighted by Crippen LogP contribution is -2.35. The summed E-state index contributed by atoms with van der Waals surface area (Å²) in [5, 5.41) is 5.61. The summed E-state index contributed by atoms with van der Waals surface area (Å²) < 4.78 is 18.5. The molecule has 1 aliphatic rings. The molecular weight excluding hydrogens is 391 g/mol. The van der Waals surface area contributed by atoms with Gasteiger partial charge in [-0.25, -0.2) is 4.39 Å². The topological polar surface area (TPSA) is 67.4 Å². The molecule has 0 radical (unpaired) electrons. The summed E-state index contributed by atoms with van der Waals surface area (Å²) in [4.78, 5) is 25.4. The minimum absolute atomic E-state index is 0.159. The van der Waals surface area contributed by atoms with Crippen LogP contribution in [0.4, 0.5) is 4.39 Å². The van der Waals surface area contributed by atoms with Crippen molar-refractivity contribution in [3.63, 3.8) is 0 Å². The first-order chi connectivity index (χ1) is 14.1. The van der Waals surface area contributed by atoms with E-state index in [4.69, 9.17) is 4.74 Å². The van der Waals surface area contributed by atoms with Gasteiger partial charge in [0.15, 0.2) is 0 Å². The molecule has 2 N–H and O–H groups in total. The van der Waals surface area contributed by atoms with Crippen molar-refractivity contribution in [3.8, 4) is 0 Å². The van der Waals surface area contributed by atoms with Gasteiger partial charge in [0.25, 0.3) is 5.91 Å². The van der Waals surface area contributed by atoms with Crippen LogP contribution in [0.25, 0.3) is 0 Å². The average molecular weight is 417 g/mol. The molecule has 1 fully saturated rings.